The van der Waals surface area contributed by atoms with Crippen molar-refractivity contribution in [2.45, 2.75) is 27.0 Å². The molecule has 0 unspecified atom stereocenters. The summed E-state index contributed by atoms with van der Waals surface area (Å²) in [5.41, 5.74) is 0. The number of ether oxygens (including phenoxy) is 1. The lowest BCUT2D eigenvalue weighted by atomic mass is 10.5. The molecule has 1 N–H and O–H groups in total. The minimum atomic E-state index is -0.982. The van der Waals surface area contributed by atoms with Gasteiger partial charge in [0.05, 0.1) is 0 Å². The fourth-order valence-electron chi connectivity index (χ4n) is 1.17. The molecule has 1 aromatic heterocycles. The van der Waals surface area contributed by atoms with Gasteiger partial charge in [0.15, 0.2) is 5.82 Å². The number of hydrogen-bond acceptors (Lipinski definition) is 4. The molecule has 0 spiro atoms. The molecule has 1 aromatic rings. The van der Waals surface area contributed by atoms with Crippen LogP contribution in [0.25, 0.3) is 0 Å². The van der Waals surface area contributed by atoms with Crippen molar-refractivity contribution in [3.05, 3.63) is 11.6 Å². The van der Waals surface area contributed by atoms with E-state index in [4.69, 9.17) is 9.84 Å². The Bertz CT molecular complexity index is 322. The van der Waals surface area contributed by atoms with Crippen LogP contribution in [0.15, 0.2) is 0 Å². The molecule has 78 valence electrons. The third kappa shape index (κ3) is 2.53. The van der Waals surface area contributed by atoms with Crippen molar-refractivity contribution in [3.8, 4) is 0 Å². The van der Waals surface area contributed by atoms with Crippen LogP contribution < -0.4 is 0 Å². The highest BCUT2D eigenvalue weighted by atomic mass is 16.5. The van der Waals surface area contributed by atoms with E-state index in [1.165, 1.54) is 0 Å². The lowest BCUT2D eigenvalue weighted by Crippen LogP contribution is -2.10. The summed E-state index contributed by atoms with van der Waals surface area (Å²) in [7, 11) is 0. The molecule has 0 saturated heterocycles. The Morgan fingerprint density at radius 2 is 2.29 bits per heavy atom. The normalized spacial score (nSPS) is 10.4. The van der Waals surface area contributed by atoms with Gasteiger partial charge in [0.25, 0.3) is 0 Å². The maximum Gasteiger partial charge on any atom is 0.329 e. The van der Waals surface area contributed by atoms with Crippen LogP contribution in [0.2, 0.25) is 0 Å². The van der Waals surface area contributed by atoms with Gasteiger partial charge in [0.2, 0.25) is 0 Å². The molecule has 0 bridgehead atoms. The molecule has 0 fully saturated rings. The molecule has 0 radical (unpaired) electrons. The highest BCUT2D eigenvalue weighted by molar-refractivity contribution is 5.67. The van der Waals surface area contributed by atoms with Gasteiger partial charge in [-0.25, -0.2) is 4.79 Å². The molecule has 1 heterocycles. The smallest absolute Gasteiger partial charge is 0.329 e. The zero-order valence-electron chi connectivity index (χ0n) is 8.23. The standard InChI is InChI=1S/C8H13N3O3/c1-3-11-6(2)9-10-7(11)4-14-5-8(12)13/h3-5H2,1-2H3,(H,12,13). The summed E-state index contributed by atoms with van der Waals surface area (Å²) in [6.07, 6.45) is 0. The molecular formula is C8H13N3O3. The number of carbonyl (C=O) groups is 1. The highest BCUT2D eigenvalue weighted by Gasteiger charge is 2.07. The topological polar surface area (TPSA) is 77.2 Å². The van der Waals surface area contributed by atoms with Gasteiger partial charge in [-0.05, 0) is 13.8 Å². The van der Waals surface area contributed by atoms with Crippen molar-refractivity contribution in [1.82, 2.24) is 14.8 Å². The van der Waals surface area contributed by atoms with Gasteiger partial charge in [-0.2, -0.15) is 0 Å². The number of rotatable bonds is 5. The second-order valence-electron chi connectivity index (χ2n) is 2.79. The summed E-state index contributed by atoms with van der Waals surface area (Å²) in [5.74, 6) is 0.483. The van der Waals surface area contributed by atoms with Crippen molar-refractivity contribution >= 4 is 5.97 Å². The van der Waals surface area contributed by atoms with E-state index in [9.17, 15) is 4.79 Å². The first-order chi connectivity index (χ1) is 6.65. The van der Waals surface area contributed by atoms with Crippen LogP contribution in [-0.2, 0) is 22.7 Å². The molecule has 0 aliphatic rings. The summed E-state index contributed by atoms with van der Waals surface area (Å²) >= 11 is 0. The van der Waals surface area contributed by atoms with Crippen LogP contribution in [0, 0.1) is 6.92 Å². The molecule has 0 atom stereocenters. The Balaban J connectivity index is 2.54. The minimum absolute atomic E-state index is 0.182. The van der Waals surface area contributed by atoms with Crippen molar-refractivity contribution in [2.75, 3.05) is 6.61 Å². The van der Waals surface area contributed by atoms with Crippen molar-refractivity contribution < 1.29 is 14.6 Å². The summed E-state index contributed by atoms with van der Waals surface area (Å²) in [5, 5.41) is 16.1. The van der Waals surface area contributed by atoms with Crippen molar-refractivity contribution in [3.63, 3.8) is 0 Å². The van der Waals surface area contributed by atoms with Crippen LogP contribution in [0.1, 0.15) is 18.6 Å². The first-order valence-corrected chi connectivity index (χ1v) is 4.33. The predicted molar refractivity (Wildman–Crippen MR) is 47.7 cm³/mol. The molecule has 0 amide bonds. The van der Waals surface area contributed by atoms with Crippen molar-refractivity contribution in [2.24, 2.45) is 0 Å². The number of carboxylic acids is 1. The third-order valence-corrected chi connectivity index (χ3v) is 1.79. The fraction of sp³-hybridized carbons (Fsp3) is 0.625. The second kappa shape index (κ2) is 4.71. The monoisotopic (exact) mass is 199 g/mol. The zero-order valence-corrected chi connectivity index (χ0v) is 8.23. The van der Waals surface area contributed by atoms with Crippen LogP contribution in [-0.4, -0.2) is 32.4 Å². The van der Waals surface area contributed by atoms with Gasteiger partial charge in [-0.1, -0.05) is 0 Å². The average molecular weight is 199 g/mol. The van der Waals surface area contributed by atoms with E-state index in [0.717, 1.165) is 12.4 Å². The summed E-state index contributed by atoms with van der Waals surface area (Å²) in [4.78, 5) is 10.2. The fourth-order valence-corrected chi connectivity index (χ4v) is 1.17. The quantitative estimate of drug-likeness (QED) is 0.733. The molecule has 14 heavy (non-hydrogen) atoms. The van der Waals surface area contributed by atoms with Crippen LogP contribution in [0.3, 0.4) is 0 Å². The Labute approximate surface area is 81.5 Å². The Kier molecular flexibility index (Phi) is 3.58. The highest BCUT2D eigenvalue weighted by Crippen LogP contribution is 2.02. The van der Waals surface area contributed by atoms with E-state index in [1.54, 1.807) is 0 Å². The first kappa shape index (κ1) is 10.6. The third-order valence-electron chi connectivity index (χ3n) is 1.79. The van der Waals surface area contributed by atoms with E-state index in [1.807, 2.05) is 18.4 Å². The minimum Gasteiger partial charge on any atom is -0.480 e. The van der Waals surface area contributed by atoms with Gasteiger partial charge in [0.1, 0.15) is 19.0 Å². The number of carboxylic acid groups (broad SMARTS) is 1. The van der Waals surface area contributed by atoms with Crippen LogP contribution in [0.5, 0.6) is 0 Å². The number of nitrogens with zero attached hydrogens (tertiary/aromatic N) is 3. The SMILES string of the molecule is CCn1c(C)nnc1COCC(=O)O. The molecule has 6 nitrogen and oxygen atoms in total. The predicted octanol–water partition coefficient (Wildman–Crippen LogP) is 0.208. The molecule has 0 aliphatic heterocycles. The van der Waals surface area contributed by atoms with Gasteiger partial charge in [0, 0.05) is 6.54 Å². The summed E-state index contributed by atoms with van der Waals surface area (Å²) in [6.45, 7) is 4.44. The molecular weight excluding hydrogens is 186 g/mol. The van der Waals surface area contributed by atoms with Gasteiger partial charge in [-0.3, -0.25) is 0 Å². The maximum absolute atomic E-state index is 10.2. The summed E-state index contributed by atoms with van der Waals surface area (Å²) < 4.78 is 6.79. The molecule has 0 aromatic carbocycles. The Hall–Kier alpha value is -1.43. The van der Waals surface area contributed by atoms with E-state index >= 15 is 0 Å². The molecule has 1 rings (SSSR count). The van der Waals surface area contributed by atoms with Gasteiger partial charge in [-0.15, -0.1) is 10.2 Å². The Morgan fingerprint density at radius 3 is 2.86 bits per heavy atom. The molecule has 0 saturated carbocycles. The largest absolute Gasteiger partial charge is 0.480 e. The van der Waals surface area contributed by atoms with Gasteiger partial charge < -0.3 is 14.4 Å². The Morgan fingerprint density at radius 1 is 1.57 bits per heavy atom. The lowest BCUT2D eigenvalue weighted by molar-refractivity contribution is -0.142. The number of aromatic nitrogens is 3. The number of hydrogen-bond donors (Lipinski definition) is 1. The maximum atomic E-state index is 10.2. The van der Waals surface area contributed by atoms with Crippen molar-refractivity contribution in [1.29, 1.82) is 0 Å². The first-order valence-electron chi connectivity index (χ1n) is 4.33. The molecule has 6 heteroatoms. The number of aryl methyl sites for hydroxylation is 1. The molecule has 0 aliphatic carbocycles. The van der Waals surface area contributed by atoms with Gasteiger partial charge >= 0.3 is 5.97 Å². The van der Waals surface area contributed by atoms with Crippen LogP contribution >= 0.6 is 0 Å². The second-order valence-corrected chi connectivity index (χ2v) is 2.79. The lowest BCUT2D eigenvalue weighted by Gasteiger charge is -2.04. The van der Waals surface area contributed by atoms with Crippen LogP contribution in [0.4, 0.5) is 0 Å². The zero-order chi connectivity index (χ0) is 10.6. The van der Waals surface area contributed by atoms with E-state index in [0.29, 0.717) is 5.82 Å². The summed E-state index contributed by atoms with van der Waals surface area (Å²) in [6, 6.07) is 0. The van der Waals surface area contributed by atoms with E-state index in [2.05, 4.69) is 10.2 Å². The number of aliphatic carboxylic acids is 1. The van der Waals surface area contributed by atoms with E-state index in [-0.39, 0.29) is 13.2 Å². The van der Waals surface area contributed by atoms with E-state index < -0.39 is 5.97 Å². The average Bonchev–Trinajstić information content (AvgIpc) is 2.46.